The van der Waals surface area contributed by atoms with E-state index in [0.717, 1.165) is 16.8 Å². The zero-order valence-electron chi connectivity index (χ0n) is 12.7. The van der Waals surface area contributed by atoms with Crippen LogP contribution in [0, 0.1) is 5.41 Å². The number of ether oxygens (including phenoxy) is 1. The zero-order valence-corrected chi connectivity index (χ0v) is 14.2. The number of rotatable bonds is 1. The molecule has 0 saturated carbocycles. The Hall–Kier alpha value is -1.04. The molecule has 1 aromatic heterocycles. The molecule has 6 heteroatoms. The van der Waals surface area contributed by atoms with E-state index in [1.54, 1.807) is 11.1 Å². The van der Waals surface area contributed by atoms with Crippen LogP contribution in [0.2, 0.25) is 0 Å². The monoisotopic (exact) mass is 343 g/mol. The summed E-state index contributed by atoms with van der Waals surface area (Å²) in [6, 6.07) is -0.0638. The van der Waals surface area contributed by atoms with Crippen molar-refractivity contribution in [3.05, 3.63) is 16.6 Å². The summed E-state index contributed by atoms with van der Waals surface area (Å²) in [4.78, 5) is 21.7. The van der Waals surface area contributed by atoms with Crippen LogP contribution in [0.15, 0.2) is 10.8 Å². The highest BCUT2D eigenvalue weighted by Crippen LogP contribution is 2.42. The maximum atomic E-state index is 12.4. The largest absolute Gasteiger partial charge is 0.444 e. The van der Waals surface area contributed by atoms with Crippen LogP contribution in [0.4, 0.5) is 4.79 Å². The molecule has 112 valence electrons. The first kappa shape index (κ1) is 15.4. The van der Waals surface area contributed by atoms with Crippen LogP contribution in [-0.2, 0) is 4.74 Å². The van der Waals surface area contributed by atoms with Gasteiger partial charge in [0.25, 0.3) is 0 Å². The number of aromatic amines is 1. The summed E-state index contributed by atoms with van der Waals surface area (Å²) in [5.41, 5.74) is -0.432. The molecule has 0 unspecified atom stereocenters. The van der Waals surface area contributed by atoms with Crippen LogP contribution >= 0.6 is 15.9 Å². The molecule has 1 atom stereocenters. The molecule has 1 amide bonds. The van der Waals surface area contributed by atoms with Gasteiger partial charge in [-0.3, -0.25) is 4.90 Å². The molecule has 20 heavy (non-hydrogen) atoms. The van der Waals surface area contributed by atoms with E-state index < -0.39 is 5.60 Å². The van der Waals surface area contributed by atoms with Crippen LogP contribution < -0.4 is 0 Å². The van der Waals surface area contributed by atoms with Gasteiger partial charge in [0.2, 0.25) is 0 Å². The van der Waals surface area contributed by atoms with E-state index in [1.807, 2.05) is 20.8 Å². The Balaban J connectivity index is 2.22. The molecule has 1 aromatic rings. The summed E-state index contributed by atoms with van der Waals surface area (Å²) < 4.78 is 6.33. The zero-order chi connectivity index (χ0) is 15.1. The van der Waals surface area contributed by atoms with Crippen molar-refractivity contribution in [2.75, 3.05) is 6.54 Å². The SMILES string of the molecule is CC1(C)C[C@@H](c2ncc(Br)[nH]2)N(C(=O)OC(C)(C)C)C1. The van der Waals surface area contributed by atoms with Gasteiger partial charge in [-0.1, -0.05) is 13.8 Å². The van der Waals surface area contributed by atoms with Crippen LogP contribution in [0.3, 0.4) is 0 Å². The molecule has 0 aromatic carbocycles. The lowest BCUT2D eigenvalue weighted by Crippen LogP contribution is -2.37. The first-order valence-corrected chi connectivity index (χ1v) is 7.57. The van der Waals surface area contributed by atoms with Crippen molar-refractivity contribution >= 4 is 22.0 Å². The molecule has 1 N–H and O–H groups in total. The Morgan fingerprint density at radius 1 is 1.55 bits per heavy atom. The smallest absolute Gasteiger partial charge is 0.410 e. The van der Waals surface area contributed by atoms with Gasteiger partial charge < -0.3 is 9.72 Å². The summed E-state index contributed by atoms with van der Waals surface area (Å²) in [6.45, 7) is 10.6. The second-order valence-corrected chi connectivity index (χ2v) is 7.96. The predicted octanol–water partition coefficient (Wildman–Crippen LogP) is 3.88. The van der Waals surface area contributed by atoms with Crippen molar-refractivity contribution in [3.63, 3.8) is 0 Å². The fraction of sp³-hybridized carbons (Fsp3) is 0.714. The predicted molar refractivity (Wildman–Crippen MR) is 80.4 cm³/mol. The quantitative estimate of drug-likeness (QED) is 0.841. The fourth-order valence-corrected chi connectivity index (χ4v) is 2.81. The number of carbonyl (C=O) groups is 1. The number of nitrogens with zero attached hydrogens (tertiary/aromatic N) is 2. The minimum absolute atomic E-state index is 0.0564. The van der Waals surface area contributed by atoms with Crippen LogP contribution in [-0.4, -0.2) is 33.1 Å². The number of imidazole rings is 1. The van der Waals surface area contributed by atoms with Crippen molar-refractivity contribution in [1.29, 1.82) is 0 Å². The van der Waals surface area contributed by atoms with Crippen molar-refractivity contribution in [2.45, 2.75) is 52.7 Å². The average Bonchev–Trinajstić information content (AvgIpc) is 2.79. The number of carbonyl (C=O) groups excluding carboxylic acids is 1. The molecule has 5 nitrogen and oxygen atoms in total. The van der Waals surface area contributed by atoms with E-state index in [9.17, 15) is 4.79 Å². The Bertz CT molecular complexity index is 505. The van der Waals surface area contributed by atoms with Crippen LogP contribution in [0.5, 0.6) is 0 Å². The lowest BCUT2D eigenvalue weighted by Gasteiger charge is -2.28. The highest BCUT2D eigenvalue weighted by Gasteiger charge is 2.43. The molecule has 0 radical (unpaired) electrons. The Morgan fingerprint density at radius 2 is 2.20 bits per heavy atom. The standard InChI is InChI=1S/C14H22BrN3O2/c1-13(2,3)20-12(19)18-8-14(4,5)6-9(18)11-16-7-10(15)17-11/h7,9H,6,8H2,1-5H3,(H,16,17)/t9-/m0/s1. The van der Waals surface area contributed by atoms with Crippen molar-refractivity contribution in [3.8, 4) is 0 Å². The summed E-state index contributed by atoms with van der Waals surface area (Å²) in [5, 5.41) is 0. The Morgan fingerprint density at radius 3 is 2.70 bits per heavy atom. The van der Waals surface area contributed by atoms with E-state index in [1.165, 1.54) is 0 Å². The molecule has 2 heterocycles. The van der Waals surface area contributed by atoms with E-state index >= 15 is 0 Å². The van der Waals surface area contributed by atoms with Crippen LogP contribution in [0.25, 0.3) is 0 Å². The minimum atomic E-state index is -0.488. The molecule has 0 bridgehead atoms. The first-order valence-electron chi connectivity index (χ1n) is 6.77. The van der Waals surface area contributed by atoms with E-state index in [-0.39, 0.29) is 17.6 Å². The molecular weight excluding hydrogens is 322 g/mol. The maximum absolute atomic E-state index is 12.4. The molecule has 0 aliphatic carbocycles. The Labute approximate surface area is 128 Å². The molecule has 1 aliphatic heterocycles. The number of hydrogen-bond acceptors (Lipinski definition) is 3. The normalized spacial score (nSPS) is 22.1. The van der Waals surface area contributed by atoms with Crippen molar-refractivity contribution < 1.29 is 9.53 Å². The van der Waals surface area contributed by atoms with E-state index in [0.29, 0.717) is 6.54 Å². The lowest BCUT2D eigenvalue weighted by atomic mass is 9.90. The Kier molecular flexibility index (Phi) is 3.88. The third-order valence-electron chi connectivity index (χ3n) is 3.23. The number of H-pyrrole nitrogens is 1. The molecule has 1 fully saturated rings. The van der Waals surface area contributed by atoms with Crippen molar-refractivity contribution in [2.24, 2.45) is 5.41 Å². The molecule has 1 saturated heterocycles. The van der Waals surface area contributed by atoms with Gasteiger partial charge in [0.1, 0.15) is 16.0 Å². The van der Waals surface area contributed by atoms with Crippen LogP contribution in [0.1, 0.15) is 52.9 Å². The number of likely N-dealkylation sites (tertiary alicyclic amines) is 1. The highest BCUT2D eigenvalue weighted by molar-refractivity contribution is 9.10. The first-order chi connectivity index (χ1) is 9.07. The number of hydrogen-bond donors (Lipinski definition) is 1. The molecule has 1 aliphatic rings. The highest BCUT2D eigenvalue weighted by atomic mass is 79.9. The summed E-state index contributed by atoms with van der Waals surface area (Å²) in [5.74, 6) is 0.799. The average molecular weight is 344 g/mol. The van der Waals surface area contributed by atoms with Crippen molar-refractivity contribution in [1.82, 2.24) is 14.9 Å². The molecular formula is C14H22BrN3O2. The lowest BCUT2D eigenvalue weighted by molar-refractivity contribution is 0.0207. The second kappa shape index (κ2) is 5.06. The summed E-state index contributed by atoms with van der Waals surface area (Å²) in [6.07, 6.45) is 2.31. The fourth-order valence-electron chi connectivity index (χ4n) is 2.51. The van der Waals surface area contributed by atoms with Gasteiger partial charge in [-0.25, -0.2) is 9.78 Å². The second-order valence-electron chi connectivity index (χ2n) is 7.11. The number of aromatic nitrogens is 2. The van der Waals surface area contributed by atoms with Gasteiger partial charge in [-0.2, -0.15) is 0 Å². The third-order valence-corrected chi connectivity index (χ3v) is 3.63. The minimum Gasteiger partial charge on any atom is -0.444 e. The van der Waals surface area contributed by atoms with Gasteiger partial charge >= 0.3 is 6.09 Å². The topological polar surface area (TPSA) is 58.2 Å². The molecule has 0 spiro atoms. The summed E-state index contributed by atoms with van der Waals surface area (Å²) >= 11 is 3.36. The summed E-state index contributed by atoms with van der Waals surface area (Å²) in [7, 11) is 0. The molecule has 2 rings (SSSR count). The van der Waals surface area contributed by atoms with Gasteiger partial charge in [0.05, 0.1) is 12.2 Å². The van der Waals surface area contributed by atoms with Gasteiger partial charge in [-0.05, 0) is 48.5 Å². The number of amides is 1. The van der Waals surface area contributed by atoms with E-state index in [4.69, 9.17) is 4.74 Å². The number of halogens is 1. The number of nitrogens with one attached hydrogen (secondary N) is 1. The van der Waals surface area contributed by atoms with Gasteiger partial charge in [0.15, 0.2) is 0 Å². The van der Waals surface area contributed by atoms with Gasteiger partial charge in [0, 0.05) is 6.54 Å². The van der Waals surface area contributed by atoms with E-state index in [2.05, 4.69) is 39.7 Å². The third kappa shape index (κ3) is 3.53. The van der Waals surface area contributed by atoms with Gasteiger partial charge in [-0.15, -0.1) is 0 Å². The maximum Gasteiger partial charge on any atom is 0.410 e.